The highest BCUT2D eigenvalue weighted by Gasteiger charge is 2.16. The number of pyridine rings is 1. The second-order valence-corrected chi connectivity index (χ2v) is 4.89. The van der Waals surface area contributed by atoms with Crippen LogP contribution in [0.3, 0.4) is 0 Å². The molecule has 0 aliphatic rings. The molecule has 0 aliphatic heterocycles. The lowest BCUT2D eigenvalue weighted by molar-refractivity contribution is 0.102. The standard InChI is InChI=1S/C16H12F2N4O/c1-9-20-13(15(17)18)8-14(21-9)16(23)22-11-4-5-12-10(7-11)3-2-6-19-12/h2-8,15H,1H3,(H,22,23). The number of aryl methyl sites for hydroxylation is 1. The highest BCUT2D eigenvalue weighted by atomic mass is 19.3. The lowest BCUT2D eigenvalue weighted by Crippen LogP contribution is -2.15. The van der Waals surface area contributed by atoms with Crippen molar-refractivity contribution in [2.45, 2.75) is 13.3 Å². The summed E-state index contributed by atoms with van der Waals surface area (Å²) in [5.41, 5.74) is 0.762. The molecule has 1 N–H and O–H groups in total. The number of rotatable bonds is 3. The van der Waals surface area contributed by atoms with Gasteiger partial charge in [-0.1, -0.05) is 6.07 Å². The van der Waals surface area contributed by atoms with Gasteiger partial charge in [0.1, 0.15) is 17.2 Å². The molecule has 2 aromatic heterocycles. The Labute approximate surface area is 130 Å². The number of halogens is 2. The predicted octanol–water partition coefficient (Wildman–Crippen LogP) is 3.52. The first-order chi connectivity index (χ1) is 11.0. The van der Waals surface area contributed by atoms with Gasteiger partial charge in [-0.2, -0.15) is 0 Å². The van der Waals surface area contributed by atoms with Gasteiger partial charge in [0, 0.05) is 17.3 Å². The molecule has 0 radical (unpaired) electrons. The summed E-state index contributed by atoms with van der Waals surface area (Å²) < 4.78 is 25.5. The number of anilines is 1. The highest BCUT2D eigenvalue weighted by Crippen LogP contribution is 2.19. The highest BCUT2D eigenvalue weighted by molar-refractivity contribution is 6.03. The molecule has 0 fully saturated rings. The number of alkyl halides is 2. The molecular weight excluding hydrogens is 302 g/mol. The molecule has 23 heavy (non-hydrogen) atoms. The Morgan fingerprint density at radius 2 is 2.00 bits per heavy atom. The van der Waals surface area contributed by atoms with Crippen LogP contribution in [-0.2, 0) is 0 Å². The molecule has 0 atom stereocenters. The third kappa shape index (κ3) is 3.28. The molecule has 1 amide bonds. The van der Waals surface area contributed by atoms with Gasteiger partial charge in [-0.15, -0.1) is 0 Å². The Bertz CT molecular complexity index is 883. The first-order valence-electron chi connectivity index (χ1n) is 6.83. The van der Waals surface area contributed by atoms with Crippen LogP contribution >= 0.6 is 0 Å². The number of nitrogens with one attached hydrogen (secondary N) is 1. The fraction of sp³-hybridized carbons (Fsp3) is 0.125. The molecule has 0 aliphatic carbocycles. The molecule has 116 valence electrons. The van der Waals surface area contributed by atoms with Crippen LogP contribution < -0.4 is 5.32 Å². The smallest absolute Gasteiger partial charge is 0.280 e. The third-order valence-corrected chi connectivity index (χ3v) is 3.17. The van der Waals surface area contributed by atoms with E-state index < -0.39 is 18.0 Å². The number of amides is 1. The van der Waals surface area contributed by atoms with E-state index in [9.17, 15) is 13.6 Å². The average Bonchev–Trinajstić information content (AvgIpc) is 2.54. The first-order valence-corrected chi connectivity index (χ1v) is 6.83. The molecular formula is C16H12F2N4O. The second kappa shape index (κ2) is 6.04. The summed E-state index contributed by atoms with van der Waals surface area (Å²) in [5, 5.41) is 3.50. The number of nitrogens with zero attached hydrogens (tertiary/aromatic N) is 3. The third-order valence-electron chi connectivity index (χ3n) is 3.17. The summed E-state index contributed by atoms with van der Waals surface area (Å²) >= 11 is 0. The molecule has 1 aromatic carbocycles. The van der Waals surface area contributed by atoms with Gasteiger partial charge in [0.2, 0.25) is 0 Å². The van der Waals surface area contributed by atoms with Gasteiger partial charge in [-0.3, -0.25) is 9.78 Å². The molecule has 0 saturated heterocycles. The van der Waals surface area contributed by atoms with Gasteiger partial charge in [-0.05, 0) is 37.3 Å². The average molecular weight is 314 g/mol. The van der Waals surface area contributed by atoms with E-state index in [4.69, 9.17) is 0 Å². The zero-order valence-corrected chi connectivity index (χ0v) is 12.1. The van der Waals surface area contributed by atoms with Crippen molar-refractivity contribution in [1.29, 1.82) is 0 Å². The summed E-state index contributed by atoms with van der Waals surface area (Å²) in [4.78, 5) is 23.9. The van der Waals surface area contributed by atoms with E-state index in [2.05, 4.69) is 20.3 Å². The van der Waals surface area contributed by atoms with E-state index in [0.717, 1.165) is 17.0 Å². The van der Waals surface area contributed by atoms with Crippen LogP contribution in [0.2, 0.25) is 0 Å². The molecule has 5 nitrogen and oxygen atoms in total. The SMILES string of the molecule is Cc1nc(C(=O)Nc2ccc3ncccc3c2)cc(C(F)F)n1. The number of aromatic nitrogens is 3. The van der Waals surface area contributed by atoms with E-state index in [1.165, 1.54) is 6.92 Å². The molecule has 3 rings (SSSR count). The molecule has 3 aromatic rings. The molecule has 2 heterocycles. The van der Waals surface area contributed by atoms with Crippen LogP contribution in [0.1, 0.15) is 28.4 Å². The fourth-order valence-electron chi connectivity index (χ4n) is 2.17. The lowest BCUT2D eigenvalue weighted by Gasteiger charge is -2.08. The monoisotopic (exact) mass is 314 g/mol. The van der Waals surface area contributed by atoms with Gasteiger partial charge >= 0.3 is 0 Å². The van der Waals surface area contributed by atoms with E-state index in [1.807, 2.05) is 6.07 Å². The van der Waals surface area contributed by atoms with Gasteiger partial charge in [0.15, 0.2) is 0 Å². The van der Waals surface area contributed by atoms with E-state index in [1.54, 1.807) is 30.5 Å². The zero-order chi connectivity index (χ0) is 16.4. The van der Waals surface area contributed by atoms with Crippen LogP contribution in [0.4, 0.5) is 14.5 Å². The number of hydrogen-bond acceptors (Lipinski definition) is 4. The Morgan fingerprint density at radius 3 is 2.78 bits per heavy atom. The number of benzene rings is 1. The normalized spacial score (nSPS) is 11.0. The van der Waals surface area contributed by atoms with Crippen LogP contribution in [0, 0.1) is 6.92 Å². The first kappa shape index (κ1) is 15.0. The van der Waals surface area contributed by atoms with Crippen molar-refractivity contribution in [3.8, 4) is 0 Å². The minimum Gasteiger partial charge on any atom is -0.321 e. The topological polar surface area (TPSA) is 67.8 Å². The van der Waals surface area contributed by atoms with E-state index >= 15 is 0 Å². The fourth-order valence-corrected chi connectivity index (χ4v) is 2.17. The maximum atomic E-state index is 12.8. The molecule has 0 saturated carbocycles. The summed E-state index contributed by atoms with van der Waals surface area (Å²) in [6.07, 6.45) is -1.08. The van der Waals surface area contributed by atoms with Gasteiger partial charge < -0.3 is 5.32 Å². The van der Waals surface area contributed by atoms with Gasteiger partial charge in [0.05, 0.1) is 5.52 Å². The van der Waals surface area contributed by atoms with Crippen LogP contribution in [-0.4, -0.2) is 20.9 Å². The van der Waals surface area contributed by atoms with Crippen molar-refractivity contribution in [3.63, 3.8) is 0 Å². The number of hydrogen-bond donors (Lipinski definition) is 1. The van der Waals surface area contributed by atoms with Crippen LogP contribution in [0.5, 0.6) is 0 Å². The second-order valence-electron chi connectivity index (χ2n) is 4.89. The predicted molar refractivity (Wildman–Crippen MR) is 81.4 cm³/mol. The van der Waals surface area contributed by atoms with Crippen LogP contribution in [0.15, 0.2) is 42.6 Å². The number of carbonyl (C=O) groups excluding carboxylic acids is 1. The summed E-state index contributed by atoms with van der Waals surface area (Å²) in [6.45, 7) is 1.46. The minimum atomic E-state index is -2.75. The number of carbonyl (C=O) groups is 1. The van der Waals surface area contributed by atoms with Crippen molar-refractivity contribution in [1.82, 2.24) is 15.0 Å². The largest absolute Gasteiger partial charge is 0.321 e. The van der Waals surface area contributed by atoms with Gasteiger partial charge in [0.25, 0.3) is 12.3 Å². The minimum absolute atomic E-state index is 0.0981. The Balaban J connectivity index is 1.88. The van der Waals surface area contributed by atoms with Gasteiger partial charge in [-0.25, -0.2) is 18.7 Å². The molecule has 7 heteroatoms. The Hall–Kier alpha value is -2.96. The Morgan fingerprint density at radius 1 is 1.17 bits per heavy atom. The summed E-state index contributed by atoms with van der Waals surface area (Å²) in [7, 11) is 0. The van der Waals surface area contributed by atoms with E-state index in [-0.39, 0.29) is 11.5 Å². The van der Waals surface area contributed by atoms with E-state index in [0.29, 0.717) is 5.69 Å². The van der Waals surface area contributed by atoms with Crippen molar-refractivity contribution in [2.75, 3.05) is 5.32 Å². The molecule has 0 unspecified atom stereocenters. The van der Waals surface area contributed by atoms with Crippen molar-refractivity contribution in [3.05, 3.63) is 59.8 Å². The zero-order valence-electron chi connectivity index (χ0n) is 12.1. The van der Waals surface area contributed by atoms with Crippen LogP contribution in [0.25, 0.3) is 10.9 Å². The van der Waals surface area contributed by atoms with Crippen molar-refractivity contribution >= 4 is 22.5 Å². The molecule has 0 spiro atoms. The summed E-state index contributed by atoms with van der Waals surface area (Å²) in [6, 6.07) is 9.85. The summed E-state index contributed by atoms with van der Waals surface area (Å²) in [5.74, 6) is -0.448. The Kier molecular flexibility index (Phi) is 3.92. The quantitative estimate of drug-likeness (QED) is 0.803. The van der Waals surface area contributed by atoms with Crippen molar-refractivity contribution in [2.24, 2.45) is 0 Å². The number of fused-ring (bicyclic) bond motifs is 1. The van der Waals surface area contributed by atoms with Crippen molar-refractivity contribution < 1.29 is 13.6 Å². The maximum Gasteiger partial charge on any atom is 0.280 e. The lowest BCUT2D eigenvalue weighted by atomic mass is 10.2. The molecule has 0 bridgehead atoms. The maximum absolute atomic E-state index is 12.8.